The van der Waals surface area contributed by atoms with Crippen molar-refractivity contribution in [1.82, 2.24) is 15.2 Å². The topological polar surface area (TPSA) is 41.3 Å². The molecule has 2 heterocycles. The Morgan fingerprint density at radius 2 is 2.20 bits per heavy atom. The first-order chi connectivity index (χ1) is 9.71. The van der Waals surface area contributed by atoms with Gasteiger partial charge in [0.15, 0.2) is 0 Å². The van der Waals surface area contributed by atoms with E-state index in [9.17, 15) is 0 Å². The fourth-order valence-corrected chi connectivity index (χ4v) is 3.84. The number of hydrogen-bond donors (Lipinski definition) is 1. The first-order valence-corrected chi connectivity index (χ1v) is 8.11. The number of hydrogen-bond acceptors (Lipinski definition) is 4. The van der Waals surface area contributed by atoms with Crippen molar-refractivity contribution in [3.63, 3.8) is 0 Å². The lowest BCUT2D eigenvalue weighted by Crippen LogP contribution is -2.64. The van der Waals surface area contributed by atoms with Gasteiger partial charge in [0.1, 0.15) is 5.76 Å². The fourth-order valence-electron chi connectivity index (χ4n) is 3.84. The van der Waals surface area contributed by atoms with Crippen molar-refractivity contribution in [2.45, 2.75) is 70.5 Å². The molecule has 3 rings (SSSR count). The molecule has 1 aliphatic carbocycles. The highest BCUT2D eigenvalue weighted by molar-refractivity contribution is 5.01. The van der Waals surface area contributed by atoms with E-state index in [-0.39, 0.29) is 0 Å². The standard InChI is InChI=1S/C16H27N3O/c1-3-14-10-18-16(7-5-4-6-8-16)12-19(14)11-15-17-9-13(2)20-15/h9,14,18H,3-8,10-12H2,1-2H3. The van der Waals surface area contributed by atoms with Crippen LogP contribution < -0.4 is 5.32 Å². The molecule has 112 valence electrons. The lowest BCUT2D eigenvalue weighted by Gasteiger charge is -2.49. The average molecular weight is 277 g/mol. The Kier molecular flexibility index (Phi) is 4.13. The van der Waals surface area contributed by atoms with Gasteiger partial charge in [-0.1, -0.05) is 26.2 Å². The van der Waals surface area contributed by atoms with Crippen molar-refractivity contribution in [3.8, 4) is 0 Å². The molecule has 0 amide bonds. The molecule has 0 bridgehead atoms. The lowest BCUT2D eigenvalue weighted by atomic mass is 9.79. The van der Waals surface area contributed by atoms with Crippen LogP contribution in [0.4, 0.5) is 0 Å². The minimum absolute atomic E-state index is 0.353. The van der Waals surface area contributed by atoms with Crippen molar-refractivity contribution in [2.75, 3.05) is 13.1 Å². The fraction of sp³-hybridized carbons (Fsp3) is 0.812. The summed E-state index contributed by atoms with van der Waals surface area (Å²) in [6.45, 7) is 7.35. The maximum Gasteiger partial charge on any atom is 0.208 e. The molecule has 1 saturated heterocycles. The summed E-state index contributed by atoms with van der Waals surface area (Å²) in [6, 6.07) is 0.606. The number of oxazole rings is 1. The average Bonchev–Trinajstić information content (AvgIpc) is 2.85. The largest absolute Gasteiger partial charge is 0.445 e. The third kappa shape index (κ3) is 2.91. The molecule has 20 heavy (non-hydrogen) atoms. The van der Waals surface area contributed by atoms with E-state index in [1.54, 1.807) is 0 Å². The molecule has 1 saturated carbocycles. The second-order valence-electron chi connectivity index (χ2n) is 6.55. The Labute approximate surface area is 121 Å². The first kappa shape index (κ1) is 14.1. The van der Waals surface area contributed by atoms with E-state index in [0.717, 1.165) is 31.3 Å². The van der Waals surface area contributed by atoms with Crippen LogP contribution in [0.5, 0.6) is 0 Å². The van der Waals surface area contributed by atoms with Crippen LogP contribution in [0, 0.1) is 6.92 Å². The summed E-state index contributed by atoms with van der Waals surface area (Å²) in [5.41, 5.74) is 0.353. The van der Waals surface area contributed by atoms with Gasteiger partial charge in [-0.3, -0.25) is 4.90 Å². The van der Waals surface area contributed by atoms with Crippen LogP contribution >= 0.6 is 0 Å². The number of nitrogens with zero attached hydrogens (tertiary/aromatic N) is 2. The lowest BCUT2D eigenvalue weighted by molar-refractivity contribution is 0.0425. The molecule has 0 radical (unpaired) electrons. The van der Waals surface area contributed by atoms with E-state index >= 15 is 0 Å². The SMILES string of the molecule is CCC1CNC2(CCCCC2)CN1Cc1ncc(C)o1. The van der Waals surface area contributed by atoms with Crippen LogP contribution in [0.2, 0.25) is 0 Å². The maximum atomic E-state index is 5.68. The normalized spacial score (nSPS) is 27.0. The number of rotatable bonds is 3. The highest BCUT2D eigenvalue weighted by Gasteiger charge is 2.39. The van der Waals surface area contributed by atoms with Crippen LogP contribution in [0.25, 0.3) is 0 Å². The highest BCUT2D eigenvalue weighted by atomic mass is 16.4. The van der Waals surface area contributed by atoms with Crippen LogP contribution in [0.1, 0.15) is 57.1 Å². The second kappa shape index (κ2) is 5.86. The third-order valence-electron chi connectivity index (χ3n) is 5.02. The molecule has 0 aromatic carbocycles. The van der Waals surface area contributed by atoms with Gasteiger partial charge in [-0.15, -0.1) is 0 Å². The molecule has 2 fully saturated rings. The molecule has 4 heteroatoms. The van der Waals surface area contributed by atoms with Crippen LogP contribution in [-0.4, -0.2) is 34.6 Å². The molecule has 1 spiro atoms. The second-order valence-corrected chi connectivity index (χ2v) is 6.55. The molecule has 1 aromatic rings. The van der Waals surface area contributed by atoms with E-state index in [1.165, 1.54) is 38.5 Å². The van der Waals surface area contributed by atoms with Crippen LogP contribution in [-0.2, 0) is 6.54 Å². The Bertz CT molecular complexity index is 437. The van der Waals surface area contributed by atoms with Crippen molar-refractivity contribution in [3.05, 3.63) is 17.8 Å². The molecule has 4 nitrogen and oxygen atoms in total. The summed E-state index contributed by atoms with van der Waals surface area (Å²) in [5.74, 6) is 1.78. The van der Waals surface area contributed by atoms with Gasteiger partial charge in [0.2, 0.25) is 5.89 Å². The zero-order valence-corrected chi connectivity index (χ0v) is 12.8. The minimum Gasteiger partial charge on any atom is -0.445 e. The van der Waals surface area contributed by atoms with E-state index < -0.39 is 0 Å². The van der Waals surface area contributed by atoms with E-state index in [0.29, 0.717) is 11.6 Å². The molecule has 1 atom stereocenters. The Morgan fingerprint density at radius 1 is 1.40 bits per heavy atom. The summed E-state index contributed by atoms with van der Waals surface area (Å²) < 4.78 is 5.68. The number of piperazine rings is 1. The van der Waals surface area contributed by atoms with E-state index in [1.807, 2.05) is 13.1 Å². The van der Waals surface area contributed by atoms with Crippen molar-refractivity contribution < 1.29 is 4.42 Å². The van der Waals surface area contributed by atoms with Gasteiger partial charge < -0.3 is 9.73 Å². The minimum atomic E-state index is 0.353. The molecule has 1 unspecified atom stereocenters. The maximum absolute atomic E-state index is 5.68. The van der Waals surface area contributed by atoms with Gasteiger partial charge in [-0.25, -0.2) is 4.98 Å². The van der Waals surface area contributed by atoms with Gasteiger partial charge >= 0.3 is 0 Å². The van der Waals surface area contributed by atoms with Gasteiger partial charge in [0.25, 0.3) is 0 Å². The summed E-state index contributed by atoms with van der Waals surface area (Å²) in [4.78, 5) is 6.97. The summed E-state index contributed by atoms with van der Waals surface area (Å²) >= 11 is 0. The van der Waals surface area contributed by atoms with E-state index in [2.05, 4.69) is 22.1 Å². The van der Waals surface area contributed by atoms with Gasteiger partial charge in [-0.05, 0) is 26.2 Å². The highest BCUT2D eigenvalue weighted by Crippen LogP contribution is 2.32. The molecular weight excluding hydrogens is 250 g/mol. The van der Waals surface area contributed by atoms with Crippen molar-refractivity contribution >= 4 is 0 Å². The quantitative estimate of drug-likeness (QED) is 0.922. The predicted octanol–water partition coefficient (Wildman–Crippen LogP) is 2.87. The monoisotopic (exact) mass is 277 g/mol. The zero-order valence-electron chi connectivity index (χ0n) is 12.8. The Hall–Kier alpha value is -0.870. The van der Waals surface area contributed by atoms with Crippen LogP contribution in [0.3, 0.4) is 0 Å². The zero-order chi connectivity index (χ0) is 14.0. The molecule has 2 aliphatic rings. The number of aromatic nitrogens is 1. The third-order valence-corrected chi connectivity index (χ3v) is 5.02. The van der Waals surface area contributed by atoms with Gasteiger partial charge in [0.05, 0.1) is 12.7 Å². The van der Waals surface area contributed by atoms with Gasteiger partial charge in [-0.2, -0.15) is 0 Å². The van der Waals surface area contributed by atoms with E-state index in [4.69, 9.17) is 4.42 Å². The number of aryl methyl sites for hydroxylation is 1. The summed E-state index contributed by atoms with van der Waals surface area (Å²) in [7, 11) is 0. The van der Waals surface area contributed by atoms with Gasteiger partial charge in [0, 0.05) is 24.7 Å². The number of nitrogens with one attached hydrogen (secondary N) is 1. The van der Waals surface area contributed by atoms with Crippen LogP contribution in [0.15, 0.2) is 10.6 Å². The Balaban J connectivity index is 1.71. The molecule has 1 aromatic heterocycles. The Morgan fingerprint density at radius 3 is 2.85 bits per heavy atom. The van der Waals surface area contributed by atoms with Crippen molar-refractivity contribution in [2.24, 2.45) is 0 Å². The summed E-state index contributed by atoms with van der Waals surface area (Å²) in [6.07, 6.45) is 9.80. The smallest absolute Gasteiger partial charge is 0.208 e. The first-order valence-electron chi connectivity index (χ1n) is 8.11. The predicted molar refractivity (Wildman–Crippen MR) is 79.5 cm³/mol. The molecule has 1 aliphatic heterocycles. The summed E-state index contributed by atoms with van der Waals surface area (Å²) in [5, 5.41) is 3.86. The molecule has 1 N–H and O–H groups in total. The molecular formula is C16H27N3O. The van der Waals surface area contributed by atoms with Crippen molar-refractivity contribution in [1.29, 1.82) is 0 Å².